The zero-order valence-electron chi connectivity index (χ0n) is 25.9. The van der Waals surface area contributed by atoms with Gasteiger partial charge in [0.15, 0.2) is 8.32 Å². The van der Waals surface area contributed by atoms with E-state index >= 15 is 0 Å². The molecule has 0 heterocycles. The minimum absolute atomic E-state index is 0.0121. The second kappa shape index (κ2) is 13.0. The van der Waals surface area contributed by atoms with Crippen LogP contribution in [0.3, 0.4) is 0 Å². The molecule has 0 bridgehead atoms. The number of ketones is 1. The molecule has 0 spiro atoms. The van der Waals surface area contributed by atoms with Crippen LogP contribution < -0.4 is 0 Å². The lowest BCUT2D eigenvalue weighted by atomic mass is 9.69. The summed E-state index contributed by atoms with van der Waals surface area (Å²) < 4.78 is 18.5. The van der Waals surface area contributed by atoms with E-state index in [4.69, 9.17) is 13.9 Å². The molecule has 0 radical (unpaired) electrons. The molecule has 1 rings (SSSR count). The minimum Gasteiger partial charge on any atom is -0.460 e. The van der Waals surface area contributed by atoms with Gasteiger partial charge in [-0.05, 0) is 50.4 Å². The number of ether oxygens (including phenoxy) is 2. The highest BCUT2D eigenvalue weighted by molar-refractivity contribution is 6.74. The van der Waals surface area contributed by atoms with Gasteiger partial charge in [0, 0.05) is 23.7 Å². The molecule has 0 saturated carbocycles. The molecule has 0 fully saturated rings. The number of Topliss-reactive ketones (excluding diaryl/α,β-unsaturated/α-hetero) is 1. The summed E-state index contributed by atoms with van der Waals surface area (Å²) in [5, 5.41) is 0.0121. The van der Waals surface area contributed by atoms with E-state index in [1.165, 1.54) is 0 Å². The molecule has 1 aromatic rings. The maximum absolute atomic E-state index is 14.0. The maximum Gasteiger partial charge on any atom is 0.306 e. The highest BCUT2D eigenvalue weighted by atomic mass is 28.4. The number of benzene rings is 1. The Bertz CT molecular complexity index is 864. The van der Waals surface area contributed by atoms with Crippen molar-refractivity contribution >= 4 is 20.1 Å². The molecule has 4 atom stereocenters. The first-order valence-electron chi connectivity index (χ1n) is 13.7. The van der Waals surface area contributed by atoms with Crippen molar-refractivity contribution in [3.8, 4) is 0 Å². The van der Waals surface area contributed by atoms with E-state index in [1.807, 2.05) is 66.7 Å². The minimum atomic E-state index is -2.16. The SMILES string of the molecule is CC(COCc1ccccc1)C(O[Si](C)(C)C(C)(C)C)C(C)C(=O)C(C)(C)C(C)CC(=O)OC(C)(C)C. The number of carbonyl (C=O) groups excluding carboxylic acids is 2. The predicted octanol–water partition coefficient (Wildman–Crippen LogP) is 7.83. The summed E-state index contributed by atoms with van der Waals surface area (Å²) >= 11 is 0. The molecule has 1 aromatic carbocycles. The molecule has 212 valence electrons. The van der Waals surface area contributed by atoms with Crippen LogP contribution >= 0.6 is 0 Å². The summed E-state index contributed by atoms with van der Waals surface area (Å²) in [7, 11) is -2.16. The fraction of sp³-hybridized carbons (Fsp3) is 0.742. The van der Waals surface area contributed by atoms with E-state index < -0.39 is 19.3 Å². The Balaban J connectivity index is 3.09. The average Bonchev–Trinajstić information content (AvgIpc) is 2.74. The van der Waals surface area contributed by atoms with E-state index in [2.05, 4.69) is 52.9 Å². The van der Waals surface area contributed by atoms with Crippen molar-refractivity contribution in [2.45, 2.75) is 119 Å². The monoisotopic (exact) mass is 534 g/mol. The Hall–Kier alpha value is -1.50. The van der Waals surface area contributed by atoms with Crippen LogP contribution in [0.25, 0.3) is 0 Å². The molecule has 0 N–H and O–H groups in total. The highest BCUT2D eigenvalue weighted by Gasteiger charge is 2.46. The highest BCUT2D eigenvalue weighted by Crippen LogP contribution is 2.41. The van der Waals surface area contributed by atoms with Gasteiger partial charge in [0.25, 0.3) is 0 Å². The molecule has 37 heavy (non-hydrogen) atoms. The van der Waals surface area contributed by atoms with Gasteiger partial charge < -0.3 is 13.9 Å². The van der Waals surface area contributed by atoms with Crippen LogP contribution in [0.15, 0.2) is 30.3 Å². The third-order valence-electron chi connectivity index (χ3n) is 7.96. The smallest absolute Gasteiger partial charge is 0.306 e. The summed E-state index contributed by atoms with van der Waals surface area (Å²) in [5.41, 5.74) is -0.135. The predicted molar refractivity (Wildman–Crippen MR) is 155 cm³/mol. The molecule has 0 aliphatic carbocycles. The van der Waals surface area contributed by atoms with Gasteiger partial charge in [-0.15, -0.1) is 0 Å². The first-order chi connectivity index (χ1) is 16.7. The summed E-state index contributed by atoms with van der Waals surface area (Å²) in [6, 6.07) is 10.1. The second-order valence-electron chi connectivity index (χ2n) is 13.9. The molecule has 0 aliphatic heterocycles. The molecule has 0 aliphatic rings. The first kappa shape index (κ1) is 33.5. The molecule has 0 saturated heterocycles. The van der Waals surface area contributed by atoms with Crippen LogP contribution in [-0.2, 0) is 30.1 Å². The Morgan fingerprint density at radius 1 is 0.892 bits per heavy atom. The lowest BCUT2D eigenvalue weighted by Crippen LogP contribution is -2.51. The van der Waals surface area contributed by atoms with Crippen LogP contribution in [0.1, 0.15) is 88.1 Å². The molecular formula is C31H54O5Si. The molecule has 5 nitrogen and oxygen atoms in total. The van der Waals surface area contributed by atoms with Gasteiger partial charge in [-0.2, -0.15) is 0 Å². The van der Waals surface area contributed by atoms with Gasteiger partial charge in [0.05, 0.1) is 19.3 Å². The Kier molecular flexibility index (Phi) is 11.8. The molecule has 0 aromatic heterocycles. The third kappa shape index (κ3) is 10.3. The van der Waals surface area contributed by atoms with E-state index in [9.17, 15) is 9.59 Å². The average molecular weight is 535 g/mol. The molecule has 0 amide bonds. The van der Waals surface area contributed by atoms with Crippen molar-refractivity contribution in [1.29, 1.82) is 0 Å². The number of hydrogen-bond acceptors (Lipinski definition) is 5. The van der Waals surface area contributed by atoms with E-state index in [1.54, 1.807) is 0 Å². The van der Waals surface area contributed by atoms with Gasteiger partial charge in [-0.1, -0.05) is 85.7 Å². The van der Waals surface area contributed by atoms with Gasteiger partial charge in [0.1, 0.15) is 11.4 Å². The topological polar surface area (TPSA) is 61.8 Å². The third-order valence-corrected chi connectivity index (χ3v) is 12.4. The summed E-state index contributed by atoms with van der Waals surface area (Å²) in [5.74, 6) is -0.655. The van der Waals surface area contributed by atoms with Gasteiger partial charge in [0.2, 0.25) is 0 Å². The Morgan fingerprint density at radius 2 is 1.43 bits per heavy atom. The Morgan fingerprint density at radius 3 is 1.92 bits per heavy atom. The van der Waals surface area contributed by atoms with E-state index in [0.717, 1.165) is 5.56 Å². The van der Waals surface area contributed by atoms with Crippen LogP contribution in [0, 0.1) is 23.2 Å². The summed E-state index contributed by atoms with van der Waals surface area (Å²) in [6.07, 6.45) is -0.0798. The maximum atomic E-state index is 14.0. The van der Waals surface area contributed by atoms with Crippen molar-refractivity contribution in [3.63, 3.8) is 0 Å². The van der Waals surface area contributed by atoms with Crippen molar-refractivity contribution < 1.29 is 23.5 Å². The number of rotatable bonds is 13. The van der Waals surface area contributed by atoms with Crippen LogP contribution in [0.5, 0.6) is 0 Å². The summed E-state index contributed by atoms with van der Waals surface area (Å²) in [4.78, 5) is 26.5. The molecular weight excluding hydrogens is 480 g/mol. The molecule has 4 unspecified atom stereocenters. The fourth-order valence-electron chi connectivity index (χ4n) is 4.13. The quantitative estimate of drug-likeness (QED) is 0.191. The Labute approximate surface area is 228 Å². The normalized spacial score (nSPS) is 16.6. The van der Waals surface area contributed by atoms with Gasteiger partial charge in [-0.3, -0.25) is 9.59 Å². The number of esters is 1. The first-order valence-corrected chi connectivity index (χ1v) is 16.7. The zero-order chi connectivity index (χ0) is 28.8. The number of carbonyl (C=O) groups is 2. The van der Waals surface area contributed by atoms with Crippen LogP contribution in [0.2, 0.25) is 18.1 Å². The van der Waals surface area contributed by atoms with Crippen LogP contribution in [-0.4, -0.2) is 38.4 Å². The lowest BCUT2D eigenvalue weighted by Gasteiger charge is -2.44. The van der Waals surface area contributed by atoms with E-state index in [0.29, 0.717) is 13.2 Å². The van der Waals surface area contributed by atoms with Crippen molar-refractivity contribution in [2.75, 3.05) is 6.61 Å². The van der Waals surface area contributed by atoms with Crippen molar-refractivity contribution in [3.05, 3.63) is 35.9 Å². The van der Waals surface area contributed by atoms with Crippen molar-refractivity contribution in [1.82, 2.24) is 0 Å². The fourth-order valence-corrected chi connectivity index (χ4v) is 5.60. The van der Waals surface area contributed by atoms with Gasteiger partial charge >= 0.3 is 5.97 Å². The number of hydrogen-bond donors (Lipinski definition) is 0. The van der Waals surface area contributed by atoms with E-state index in [-0.39, 0.29) is 47.1 Å². The zero-order valence-corrected chi connectivity index (χ0v) is 26.9. The van der Waals surface area contributed by atoms with Crippen LogP contribution in [0.4, 0.5) is 0 Å². The summed E-state index contributed by atoms with van der Waals surface area (Å²) in [6.45, 7) is 27.7. The van der Waals surface area contributed by atoms with Gasteiger partial charge in [-0.25, -0.2) is 0 Å². The second-order valence-corrected chi connectivity index (χ2v) is 18.6. The lowest BCUT2D eigenvalue weighted by molar-refractivity contribution is -0.157. The largest absolute Gasteiger partial charge is 0.460 e. The van der Waals surface area contributed by atoms with Crippen molar-refractivity contribution in [2.24, 2.45) is 23.2 Å². The molecule has 6 heteroatoms. The standard InChI is InChI=1S/C31H54O5Si/c1-22(20-34-21-25-17-15-14-16-18-25)27(36-37(12,13)30(7,8)9)24(3)28(33)31(10,11)23(2)19-26(32)35-29(4,5)6/h14-18,22-24,27H,19-21H2,1-13H3.